The van der Waals surface area contributed by atoms with Crippen molar-refractivity contribution in [1.82, 2.24) is 10.3 Å². The Morgan fingerprint density at radius 2 is 2.26 bits per heavy atom. The highest BCUT2D eigenvalue weighted by Crippen LogP contribution is 2.11. The molecule has 5 nitrogen and oxygen atoms in total. The molecule has 1 aromatic rings. The molecule has 0 spiro atoms. The molecule has 106 valence electrons. The maximum atomic E-state index is 11.9. The SMILES string of the molecule is CNc1ccncc1C(=O)NCCCOCC(C)C. The Kier molecular flexibility index (Phi) is 6.89. The summed E-state index contributed by atoms with van der Waals surface area (Å²) in [6.07, 6.45) is 4.03. The van der Waals surface area contributed by atoms with Crippen LogP contribution in [0.25, 0.3) is 0 Å². The van der Waals surface area contributed by atoms with Gasteiger partial charge >= 0.3 is 0 Å². The largest absolute Gasteiger partial charge is 0.387 e. The minimum absolute atomic E-state index is 0.110. The van der Waals surface area contributed by atoms with Crippen molar-refractivity contribution in [3.63, 3.8) is 0 Å². The Bertz CT molecular complexity index is 394. The molecular formula is C14H23N3O2. The van der Waals surface area contributed by atoms with Crippen LogP contribution in [0.4, 0.5) is 5.69 Å². The summed E-state index contributed by atoms with van der Waals surface area (Å²) in [5, 5.41) is 5.84. The van der Waals surface area contributed by atoms with Crippen LogP contribution in [-0.4, -0.2) is 37.7 Å². The molecule has 2 N–H and O–H groups in total. The van der Waals surface area contributed by atoms with Crippen LogP contribution in [0.1, 0.15) is 30.6 Å². The molecular weight excluding hydrogens is 242 g/mol. The topological polar surface area (TPSA) is 63.2 Å². The molecule has 0 aromatic carbocycles. The van der Waals surface area contributed by atoms with E-state index in [1.165, 1.54) is 0 Å². The van der Waals surface area contributed by atoms with Crippen LogP contribution in [0.15, 0.2) is 18.5 Å². The van der Waals surface area contributed by atoms with Gasteiger partial charge in [-0.1, -0.05) is 13.8 Å². The number of rotatable bonds is 8. The van der Waals surface area contributed by atoms with Gasteiger partial charge in [-0.2, -0.15) is 0 Å². The highest BCUT2D eigenvalue weighted by molar-refractivity contribution is 5.99. The zero-order valence-electron chi connectivity index (χ0n) is 11.9. The molecule has 1 amide bonds. The third-order valence-corrected chi connectivity index (χ3v) is 2.54. The number of hydrogen-bond donors (Lipinski definition) is 2. The Morgan fingerprint density at radius 1 is 1.47 bits per heavy atom. The lowest BCUT2D eigenvalue weighted by atomic mass is 10.2. The van der Waals surface area contributed by atoms with Crippen molar-refractivity contribution in [2.75, 3.05) is 32.1 Å². The van der Waals surface area contributed by atoms with Crippen molar-refractivity contribution in [3.8, 4) is 0 Å². The molecule has 19 heavy (non-hydrogen) atoms. The van der Waals surface area contributed by atoms with E-state index in [-0.39, 0.29) is 5.91 Å². The summed E-state index contributed by atoms with van der Waals surface area (Å²) in [5.74, 6) is 0.435. The van der Waals surface area contributed by atoms with E-state index >= 15 is 0 Å². The van der Waals surface area contributed by atoms with Gasteiger partial charge in [-0.3, -0.25) is 9.78 Å². The second kappa shape index (κ2) is 8.48. The summed E-state index contributed by atoms with van der Waals surface area (Å²) in [4.78, 5) is 15.9. The predicted octanol–water partition coefficient (Wildman–Crippen LogP) is 1.92. The van der Waals surface area contributed by atoms with Gasteiger partial charge in [-0.15, -0.1) is 0 Å². The normalized spacial score (nSPS) is 10.5. The number of ether oxygens (including phenoxy) is 1. The number of anilines is 1. The maximum absolute atomic E-state index is 11.9. The monoisotopic (exact) mass is 265 g/mol. The number of carbonyl (C=O) groups is 1. The van der Waals surface area contributed by atoms with Gasteiger partial charge in [-0.05, 0) is 18.4 Å². The van der Waals surface area contributed by atoms with Gasteiger partial charge < -0.3 is 15.4 Å². The fraction of sp³-hybridized carbons (Fsp3) is 0.571. The number of amides is 1. The van der Waals surface area contributed by atoms with Crippen molar-refractivity contribution < 1.29 is 9.53 Å². The smallest absolute Gasteiger partial charge is 0.254 e. The number of nitrogens with zero attached hydrogens (tertiary/aromatic N) is 1. The third kappa shape index (κ3) is 5.70. The molecule has 1 rings (SSSR count). The first kappa shape index (κ1) is 15.4. The first-order chi connectivity index (χ1) is 9.15. The van der Waals surface area contributed by atoms with E-state index in [1.807, 2.05) is 0 Å². The molecule has 0 bridgehead atoms. The molecule has 0 atom stereocenters. The van der Waals surface area contributed by atoms with Gasteiger partial charge in [0, 0.05) is 44.9 Å². The van der Waals surface area contributed by atoms with Crippen LogP contribution in [-0.2, 0) is 4.74 Å². The molecule has 0 radical (unpaired) electrons. The lowest BCUT2D eigenvalue weighted by Gasteiger charge is -2.10. The molecule has 0 fully saturated rings. The van der Waals surface area contributed by atoms with Crippen LogP contribution in [0.3, 0.4) is 0 Å². The molecule has 0 aliphatic rings. The summed E-state index contributed by atoms with van der Waals surface area (Å²) in [6.45, 7) is 6.27. The zero-order chi connectivity index (χ0) is 14.1. The Labute approximate surface area is 114 Å². The van der Waals surface area contributed by atoms with Crippen molar-refractivity contribution >= 4 is 11.6 Å². The summed E-state index contributed by atoms with van der Waals surface area (Å²) < 4.78 is 5.45. The van der Waals surface area contributed by atoms with E-state index in [4.69, 9.17) is 4.74 Å². The fourth-order valence-corrected chi connectivity index (χ4v) is 1.58. The average Bonchev–Trinajstić information content (AvgIpc) is 2.42. The summed E-state index contributed by atoms with van der Waals surface area (Å²) in [5.41, 5.74) is 1.34. The van der Waals surface area contributed by atoms with Crippen molar-refractivity contribution in [1.29, 1.82) is 0 Å². The lowest BCUT2D eigenvalue weighted by Crippen LogP contribution is -2.26. The molecule has 0 aliphatic heterocycles. The highest BCUT2D eigenvalue weighted by atomic mass is 16.5. The van der Waals surface area contributed by atoms with Gasteiger partial charge in [0.05, 0.1) is 5.56 Å². The van der Waals surface area contributed by atoms with Crippen molar-refractivity contribution in [2.24, 2.45) is 5.92 Å². The van der Waals surface area contributed by atoms with E-state index in [0.29, 0.717) is 24.6 Å². The minimum Gasteiger partial charge on any atom is -0.387 e. The van der Waals surface area contributed by atoms with Crippen LogP contribution < -0.4 is 10.6 Å². The van der Waals surface area contributed by atoms with Crippen LogP contribution in [0.5, 0.6) is 0 Å². The second-order valence-corrected chi connectivity index (χ2v) is 4.75. The number of pyridine rings is 1. The standard InChI is InChI=1S/C14H23N3O2/c1-11(2)10-19-8-4-6-17-14(18)12-9-16-7-5-13(12)15-3/h5,7,9,11H,4,6,8,10H2,1-3H3,(H,15,16)(H,17,18). The third-order valence-electron chi connectivity index (χ3n) is 2.54. The molecule has 1 aromatic heterocycles. The lowest BCUT2D eigenvalue weighted by molar-refractivity contribution is 0.0925. The molecule has 0 aliphatic carbocycles. The van der Waals surface area contributed by atoms with Gasteiger partial charge in [0.1, 0.15) is 0 Å². The Balaban J connectivity index is 2.28. The number of aromatic nitrogens is 1. The van der Waals surface area contributed by atoms with E-state index in [0.717, 1.165) is 18.7 Å². The van der Waals surface area contributed by atoms with Gasteiger partial charge in [0.15, 0.2) is 0 Å². The van der Waals surface area contributed by atoms with Gasteiger partial charge in [0.2, 0.25) is 0 Å². The average molecular weight is 265 g/mol. The van der Waals surface area contributed by atoms with Crippen molar-refractivity contribution in [2.45, 2.75) is 20.3 Å². The minimum atomic E-state index is -0.110. The van der Waals surface area contributed by atoms with E-state index in [9.17, 15) is 4.79 Å². The molecule has 0 saturated carbocycles. The molecule has 5 heteroatoms. The second-order valence-electron chi connectivity index (χ2n) is 4.75. The van der Waals surface area contributed by atoms with Crippen molar-refractivity contribution in [3.05, 3.63) is 24.0 Å². The summed E-state index contributed by atoms with van der Waals surface area (Å²) in [6, 6.07) is 1.78. The number of hydrogen-bond acceptors (Lipinski definition) is 4. The zero-order valence-corrected chi connectivity index (χ0v) is 11.9. The highest BCUT2D eigenvalue weighted by Gasteiger charge is 2.09. The molecule has 0 saturated heterocycles. The van der Waals surface area contributed by atoms with Crippen LogP contribution in [0, 0.1) is 5.92 Å². The Morgan fingerprint density at radius 3 is 2.95 bits per heavy atom. The Hall–Kier alpha value is -1.62. The van der Waals surface area contributed by atoms with Crippen LogP contribution in [0.2, 0.25) is 0 Å². The molecule has 0 unspecified atom stereocenters. The number of nitrogens with one attached hydrogen (secondary N) is 2. The van der Waals surface area contributed by atoms with E-state index in [1.54, 1.807) is 25.5 Å². The molecule has 1 heterocycles. The quantitative estimate of drug-likeness (QED) is 0.705. The summed E-state index contributed by atoms with van der Waals surface area (Å²) in [7, 11) is 1.78. The van der Waals surface area contributed by atoms with Crippen LogP contribution >= 0.6 is 0 Å². The summed E-state index contributed by atoms with van der Waals surface area (Å²) >= 11 is 0. The van der Waals surface area contributed by atoms with E-state index in [2.05, 4.69) is 29.5 Å². The first-order valence-corrected chi connectivity index (χ1v) is 6.63. The number of carbonyl (C=O) groups excluding carboxylic acids is 1. The van der Waals surface area contributed by atoms with Gasteiger partial charge in [0.25, 0.3) is 5.91 Å². The van der Waals surface area contributed by atoms with E-state index < -0.39 is 0 Å². The predicted molar refractivity (Wildman–Crippen MR) is 76.4 cm³/mol. The maximum Gasteiger partial charge on any atom is 0.254 e. The van der Waals surface area contributed by atoms with Gasteiger partial charge in [-0.25, -0.2) is 0 Å². The fourth-order valence-electron chi connectivity index (χ4n) is 1.58. The first-order valence-electron chi connectivity index (χ1n) is 6.63.